The van der Waals surface area contributed by atoms with Crippen LogP contribution in [0.5, 0.6) is 0 Å². The maximum absolute atomic E-state index is 11.9. The van der Waals surface area contributed by atoms with Gasteiger partial charge in [0.15, 0.2) is 0 Å². The Labute approximate surface area is 173 Å². The molecule has 2 saturated heterocycles. The second-order valence-corrected chi connectivity index (χ2v) is 7.71. The van der Waals surface area contributed by atoms with Crippen molar-refractivity contribution in [1.29, 1.82) is 0 Å². The fourth-order valence-electron chi connectivity index (χ4n) is 3.70. The van der Waals surface area contributed by atoms with Gasteiger partial charge >= 0.3 is 0 Å². The van der Waals surface area contributed by atoms with Gasteiger partial charge in [-0.05, 0) is 45.5 Å². The smallest absolute Gasteiger partial charge is 0.263 e. The van der Waals surface area contributed by atoms with Crippen LogP contribution in [-0.2, 0) is 21.0 Å². The Morgan fingerprint density at radius 2 is 1.90 bits per heavy atom. The zero-order chi connectivity index (χ0) is 21.4. The van der Waals surface area contributed by atoms with Crippen LogP contribution in [0, 0.1) is 0 Å². The first-order valence-corrected chi connectivity index (χ1v) is 10.0. The molecule has 162 valence electrons. The summed E-state index contributed by atoms with van der Waals surface area (Å²) in [6.07, 6.45) is 2.19. The van der Waals surface area contributed by atoms with Crippen LogP contribution in [0.25, 0.3) is 0 Å². The number of nitrogens with zero attached hydrogens (tertiary/aromatic N) is 3. The van der Waals surface area contributed by atoms with E-state index in [9.17, 15) is 14.7 Å². The molecule has 3 rings (SSSR count). The highest BCUT2D eigenvalue weighted by Gasteiger charge is 2.33. The van der Waals surface area contributed by atoms with Crippen LogP contribution in [0.4, 0.5) is 0 Å². The number of likely N-dealkylation sites (tertiary alicyclic amines) is 2. The molecule has 1 aromatic carbocycles. The van der Waals surface area contributed by atoms with E-state index in [1.54, 1.807) is 7.05 Å². The molecule has 29 heavy (non-hydrogen) atoms. The molecule has 0 aliphatic carbocycles. The van der Waals surface area contributed by atoms with Gasteiger partial charge in [0.2, 0.25) is 5.91 Å². The van der Waals surface area contributed by atoms with Gasteiger partial charge in [-0.15, -0.1) is 0 Å². The number of benzene rings is 1. The molecule has 0 bridgehead atoms. The highest BCUT2D eigenvalue weighted by molar-refractivity contribution is 5.82. The van der Waals surface area contributed by atoms with E-state index in [0.717, 1.165) is 24.9 Å². The fourth-order valence-corrected chi connectivity index (χ4v) is 3.70. The largest absolute Gasteiger partial charge is 0.392 e. The van der Waals surface area contributed by atoms with E-state index in [1.807, 2.05) is 49.3 Å². The number of hydrogen-bond acceptors (Lipinski definition) is 6. The summed E-state index contributed by atoms with van der Waals surface area (Å²) in [6.45, 7) is 2.12. The summed E-state index contributed by atoms with van der Waals surface area (Å²) in [5.74, 6) is 0.0467. The summed E-state index contributed by atoms with van der Waals surface area (Å²) in [6, 6.07) is 9.64. The average molecular weight is 407 g/mol. The predicted octanol–water partition coefficient (Wildman–Crippen LogP) is 0.468. The Morgan fingerprint density at radius 3 is 2.41 bits per heavy atom. The maximum Gasteiger partial charge on any atom is 0.263 e. The third kappa shape index (κ3) is 6.78. The lowest BCUT2D eigenvalue weighted by Crippen LogP contribution is -2.41. The van der Waals surface area contributed by atoms with Crippen molar-refractivity contribution in [3.05, 3.63) is 35.9 Å². The Hall–Kier alpha value is -2.00. The number of aliphatic hydroxyl groups is 1. The molecule has 2 heterocycles. The lowest BCUT2D eigenvalue weighted by Gasteiger charge is -2.22. The molecular formula is C21H34N4O4. The Kier molecular flexibility index (Phi) is 9.03. The van der Waals surface area contributed by atoms with Crippen molar-refractivity contribution in [2.75, 3.05) is 41.3 Å². The lowest BCUT2D eigenvalue weighted by molar-refractivity contribution is -0.173. The minimum Gasteiger partial charge on any atom is -0.392 e. The van der Waals surface area contributed by atoms with Crippen molar-refractivity contribution in [2.24, 2.45) is 0 Å². The van der Waals surface area contributed by atoms with Gasteiger partial charge in [0.05, 0.1) is 25.3 Å². The van der Waals surface area contributed by atoms with Crippen LogP contribution in [0.2, 0.25) is 0 Å². The van der Waals surface area contributed by atoms with Crippen LogP contribution in [-0.4, -0.2) is 91.3 Å². The van der Waals surface area contributed by atoms with Crippen molar-refractivity contribution in [1.82, 2.24) is 20.2 Å². The third-order valence-corrected chi connectivity index (χ3v) is 5.53. The SMILES string of the molecule is CN1CC(O)CC1C(=O)NCc1ccccc1.CON(C)C(=O)C1CCCN1C. The maximum atomic E-state index is 11.9. The Balaban J connectivity index is 0.000000221. The monoisotopic (exact) mass is 406 g/mol. The average Bonchev–Trinajstić information content (AvgIpc) is 3.30. The normalized spacial score (nSPS) is 24.7. The number of likely N-dealkylation sites (N-methyl/N-ethyl adjacent to an activating group) is 3. The van der Waals surface area contributed by atoms with Crippen molar-refractivity contribution >= 4 is 11.8 Å². The van der Waals surface area contributed by atoms with E-state index in [4.69, 9.17) is 4.84 Å². The summed E-state index contributed by atoms with van der Waals surface area (Å²) in [5.41, 5.74) is 1.09. The summed E-state index contributed by atoms with van der Waals surface area (Å²) in [4.78, 5) is 32.2. The molecule has 0 radical (unpaired) electrons. The van der Waals surface area contributed by atoms with Gasteiger partial charge in [-0.25, -0.2) is 5.06 Å². The zero-order valence-corrected chi connectivity index (χ0v) is 17.9. The van der Waals surface area contributed by atoms with E-state index in [2.05, 4.69) is 10.2 Å². The first kappa shape index (κ1) is 23.3. The van der Waals surface area contributed by atoms with E-state index in [0.29, 0.717) is 19.5 Å². The molecule has 0 saturated carbocycles. The number of β-amino-alcohol motifs (C(OH)–C–C–N with tert-alkyl or cyclic N) is 1. The molecule has 2 aliphatic rings. The molecule has 2 N–H and O–H groups in total. The Bertz CT molecular complexity index is 657. The summed E-state index contributed by atoms with van der Waals surface area (Å²) in [5, 5.41) is 13.7. The first-order chi connectivity index (χ1) is 13.8. The number of carbonyl (C=O) groups excluding carboxylic acids is 2. The molecule has 0 spiro atoms. The van der Waals surface area contributed by atoms with E-state index in [-0.39, 0.29) is 30.0 Å². The van der Waals surface area contributed by atoms with Gasteiger partial charge in [-0.3, -0.25) is 24.2 Å². The van der Waals surface area contributed by atoms with Crippen LogP contribution in [0.1, 0.15) is 24.8 Å². The van der Waals surface area contributed by atoms with Gasteiger partial charge in [0, 0.05) is 20.1 Å². The van der Waals surface area contributed by atoms with Crippen LogP contribution in [0.15, 0.2) is 30.3 Å². The second-order valence-electron chi connectivity index (χ2n) is 7.71. The van der Waals surface area contributed by atoms with Crippen molar-refractivity contribution < 1.29 is 19.5 Å². The topological polar surface area (TPSA) is 85.3 Å². The van der Waals surface area contributed by atoms with E-state index >= 15 is 0 Å². The number of rotatable bonds is 5. The molecule has 2 fully saturated rings. The number of amides is 2. The molecule has 2 aliphatic heterocycles. The van der Waals surface area contributed by atoms with E-state index < -0.39 is 0 Å². The standard InChI is InChI=1S/C13H18N2O2.C8H16N2O2/c1-15-9-11(16)7-12(15)13(17)14-8-10-5-3-2-4-6-10;1-9-6-4-5-7(9)8(11)10(2)12-3/h2-6,11-12,16H,7-9H2,1H3,(H,14,17);7H,4-6H2,1-3H3. The highest BCUT2D eigenvalue weighted by Crippen LogP contribution is 2.17. The summed E-state index contributed by atoms with van der Waals surface area (Å²) in [7, 11) is 6.99. The lowest BCUT2D eigenvalue weighted by atomic mass is 10.1. The first-order valence-electron chi connectivity index (χ1n) is 10.0. The van der Waals surface area contributed by atoms with Crippen molar-refractivity contribution in [3.8, 4) is 0 Å². The minimum atomic E-state index is -0.382. The number of hydrogen-bond donors (Lipinski definition) is 2. The molecule has 8 nitrogen and oxygen atoms in total. The summed E-state index contributed by atoms with van der Waals surface area (Å²) >= 11 is 0. The molecule has 0 aromatic heterocycles. The highest BCUT2D eigenvalue weighted by atomic mass is 16.7. The molecule has 8 heteroatoms. The van der Waals surface area contributed by atoms with E-state index in [1.165, 1.54) is 12.2 Å². The van der Waals surface area contributed by atoms with Gasteiger partial charge in [0.25, 0.3) is 5.91 Å². The van der Waals surface area contributed by atoms with Crippen LogP contribution >= 0.6 is 0 Å². The number of aliphatic hydroxyl groups excluding tert-OH is 1. The molecule has 3 atom stereocenters. The van der Waals surface area contributed by atoms with Gasteiger partial charge < -0.3 is 10.4 Å². The van der Waals surface area contributed by atoms with Crippen molar-refractivity contribution in [3.63, 3.8) is 0 Å². The fraction of sp³-hybridized carbons (Fsp3) is 0.619. The quantitative estimate of drug-likeness (QED) is 0.692. The van der Waals surface area contributed by atoms with Gasteiger partial charge in [-0.2, -0.15) is 0 Å². The molecule has 3 unspecified atom stereocenters. The molecule has 1 aromatic rings. The third-order valence-electron chi connectivity index (χ3n) is 5.53. The second kappa shape index (κ2) is 11.3. The minimum absolute atomic E-state index is 0.00657. The molecule has 2 amide bonds. The zero-order valence-electron chi connectivity index (χ0n) is 17.9. The van der Waals surface area contributed by atoms with Crippen LogP contribution in [0.3, 0.4) is 0 Å². The number of carbonyl (C=O) groups is 2. The van der Waals surface area contributed by atoms with Gasteiger partial charge in [-0.1, -0.05) is 30.3 Å². The van der Waals surface area contributed by atoms with Gasteiger partial charge in [0.1, 0.15) is 0 Å². The number of nitrogens with one attached hydrogen (secondary N) is 1. The number of hydroxylamine groups is 2. The predicted molar refractivity (Wildman–Crippen MR) is 111 cm³/mol. The van der Waals surface area contributed by atoms with Crippen molar-refractivity contribution in [2.45, 2.75) is 44.0 Å². The molecular weight excluding hydrogens is 372 g/mol. The Morgan fingerprint density at radius 1 is 1.21 bits per heavy atom. The van der Waals surface area contributed by atoms with Crippen LogP contribution < -0.4 is 5.32 Å². The summed E-state index contributed by atoms with van der Waals surface area (Å²) < 4.78 is 0.